The summed E-state index contributed by atoms with van der Waals surface area (Å²) in [7, 11) is 0. The minimum absolute atomic E-state index is 0.0261. The van der Waals surface area contributed by atoms with Crippen LogP contribution in [0, 0.1) is 6.92 Å². The zero-order chi connectivity index (χ0) is 22.9. The molecule has 0 atom stereocenters. The highest BCUT2D eigenvalue weighted by Crippen LogP contribution is 2.24. The molecule has 3 aromatic heterocycles. The van der Waals surface area contributed by atoms with E-state index in [1.54, 1.807) is 16.9 Å². The molecule has 0 spiro atoms. The summed E-state index contributed by atoms with van der Waals surface area (Å²) in [4.78, 5) is 22.1. The second kappa shape index (κ2) is 8.96. The number of aryl methyl sites for hydroxylation is 2. The fourth-order valence-electron chi connectivity index (χ4n) is 4.31. The van der Waals surface area contributed by atoms with Gasteiger partial charge in [-0.05, 0) is 37.6 Å². The third-order valence-corrected chi connectivity index (χ3v) is 6.41. The Balaban J connectivity index is 1.32. The van der Waals surface area contributed by atoms with Crippen LogP contribution < -0.4 is 0 Å². The molecule has 0 unspecified atom stereocenters. The van der Waals surface area contributed by atoms with Crippen LogP contribution >= 0.6 is 11.6 Å². The summed E-state index contributed by atoms with van der Waals surface area (Å²) in [6.45, 7) is 8.67. The number of carbonyl (C=O) groups excluding carboxylic acids is 1. The molecule has 1 aliphatic rings. The van der Waals surface area contributed by atoms with Gasteiger partial charge in [0.15, 0.2) is 5.65 Å². The number of piperazine rings is 1. The molecule has 1 aromatic carbocycles. The van der Waals surface area contributed by atoms with Gasteiger partial charge in [0.05, 0.1) is 17.6 Å². The van der Waals surface area contributed by atoms with Crippen molar-refractivity contribution in [3.8, 4) is 11.3 Å². The van der Waals surface area contributed by atoms with Gasteiger partial charge >= 0.3 is 0 Å². The van der Waals surface area contributed by atoms with Gasteiger partial charge in [0, 0.05) is 62.2 Å². The monoisotopic (exact) mass is 463 g/mol. The predicted molar refractivity (Wildman–Crippen MR) is 127 cm³/mol. The smallest absolute Gasteiger partial charge is 0.259 e. The van der Waals surface area contributed by atoms with Crippen molar-refractivity contribution in [3.63, 3.8) is 0 Å². The fraction of sp³-hybridized carbons (Fsp3) is 0.333. The van der Waals surface area contributed by atoms with E-state index in [1.807, 2.05) is 53.0 Å². The number of aromatic nitrogens is 5. The number of carbonyl (C=O) groups is 1. The van der Waals surface area contributed by atoms with Gasteiger partial charge < -0.3 is 4.90 Å². The standard InChI is InChI=1S/C24H26ClN7O/c1-3-31-16-21(17(2)28-31)22-8-9-26-23-20(14-27-32(22)23)24(33)30-12-10-29(11-13-30)15-18-4-6-19(25)7-5-18/h4-9,14,16H,3,10-13,15H2,1-2H3. The Morgan fingerprint density at radius 1 is 1.09 bits per heavy atom. The summed E-state index contributed by atoms with van der Waals surface area (Å²) in [6, 6.07) is 9.84. The lowest BCUT2D eigenvalue weighted by molar-refractivity contribution is 0.0630. The molecule has 170 valence electrons. The van der Waals surface area contributed by atoms with Crippen molar-refractivity contribution in [1.82, 2.24) is 34.2 Å². The second-order valence-corrected chi connectivity index (χ2v) is 8.74. The molecule has 5 rings (SSSR count). The molecule has 0 saturated carbocycles. The lowest BCUT2D eigenvalue weighted by atomic mass is 10.2. The summed E-state index contributed by atoms with van der Waals surface area (Å²) >= 11 is 5.98. The fourth-order valence-corrected chi connectivity index (χ4v) is 4.43. The summed E-state index contributed by atoms with van der Waals surface area (Å²) in [5.41, 5.74) is 5.12. The summed E-state index contributed by atoms with van der Waals surface area (Å²) in [5.74, 6) is -0.0261. The van der Waals surface area contributed by atoms with Crippen molar-refractivity contribution < 1.29 is 4.79 Å². The average Bonchev–Trinajstić information content (AvgIpc) is 3.44. The van der Waals surface area contributed by atoms with Gasteiger partial charge in [-0.3, -0.25) is 14.4 Å². The lowest BCUT2D eigenvalue weighted by Crippen LogP contribution is -2.48. The van der Waals surface area contributed by atoms with Crippen molar-refractivity contribution in [1.29, 1.82) is 0 Å². The predicted octanol–water partition coefficient (Wildman–Crippen LogP) is 3.53. The first-order valence-corrected chi connectivity index (χ1v) is 11.5. The molecule has 1 saturated heterocycles. The number of fused-ring (bicyclic) bond motifs is 1. The molecular formula is C24H26ClN7O. The summed E-state index contributed by atoms with van der Waals surface area (Å²) in [5, 5.41) is 9.80. The second-order valence-electron chi connectivity index (χ2n) is 8.30. The van der Waals surface area contributed by atoms with E-state index in [0.29, 0.717) is 24.3 Å². The van der Waals surface area contributed by atoms with Gasteiger partial charge in [-0.25, -0.2) is 9.50 Å². The van der Waals surface area contributed by atoms with Crippen LogP contribution in [0.5, 0.6) is 0 Å². The van der Waals surface area contributed by atoms with E-state index in [4.69, 9.17) is 11.6 Å². The van der Waals surface area contributed by atoms with Gasteiger partial charge in [-0.2, -0.15) is 10.2 Å². The SMILES string of the molecule is CCn1cc(-c2ccnc3c(C(=O)N4CCN(Cc5ccc(Cl)cc5)CC4)cnn23)c(C)n1. The van der Waals surface area contributed by atoms with Crippen LogP contribution in [0.15, 0.2) is 48.9 Å². The van der Waals surface area contributed by atoms with Gasteiger partial charge in [-0.1, -0.05) is 23.7 Å². The van der Waals surface area contributed by atoms with Crippen LogP contribution in [0.4, 0.5) is 0 Å². The lowest BCUT2D eigenvalue weighted by Gasteiger charge is -2.34. The van der Waals surface area contributed by atoms with Gasteiger partial charge in [-0.15, -0.1) is 0 Å². The van der Waals surface area contributed by atoms with Crippen molar-refractivity contribution >= 4 is 23.2 Å². The number of halogens is 1. The van der Waals surface area contributed by atoms with Crippen molar-refractivity contribution in [2.24, 2.45) is 0 Å². The number of amides is 1. The first kappa shape index (κ1) is 21.6. The molecule has 0 aliphatic carbocycles. The quantitative estimate of drug-likeness (QED) is 0.452. The van der Waals surface area contributed by atoms with E-state index in [-0.39, 0.29) is 5.91 Å². The zero-order valence-corrected chi connectivity index (χ0v) is 19.5. The maximum atomic E-state index is 13.3. The van der Waals surface area contributed by atoms with Crippen LogP contribution in [0.1, 0.15) is 28.5 Å². The average molecular weight is 464 g/mol. The topological polar surface area (TPSA) is 71.6 Å². The van der Waals surface area contributed by atoms with E-state index < -0.39 is 0 Å². The van der Waals surface area contributed by atoms with Crippen molar-refractivity contribution in [2.75, 3.05) is 26.2 Å². The van der Waals surface area contributed by atoms with Crippen LogP contribution in [-0.2, 0) is 13.1 Å². The zero-order valence-electron chi connectivity index (χ0n) is 18.8. The Hall–Kier alpha value is -3.23. The maximum Gasteiger partial charge on any atom is 0.259 e. The number of benzene rings is 1. The minimum atomic E-state index is -0.0261. The van der Waals surface area contributed by atoms with E-state index in [9.17, 15) is 4.79 Å². The van der Waals surface area contributed by atoms with E-state index in [0.717, 1.165) is 48.2 Å². The third kappa shape index (κ3) is 4.24. The molecule has 0 N–H and O–H groups in total. The maximum absolute atomic E-state index is 13.3. The van der Waals surface area contributed by atoms with Crippen LogP contribution in [0.2, 0.25) is 5.02 Å². The third-order valence-electron chi connectivity index (χ3n) is 6.16. The molecule has 1 aliphatic heterocycles. The highest BCUT2D eigenvalue weighted by atomic mass is 35.5. The highest BCUT2D eigenvalue weighted by Gasteiger charge is 2.26. The number of hydrogen-bond donors (Lipinski definition) is 0. The molecule has 33 heavy (non-hydrogen) atoms. The van der Waals surface area contributed by atoms with Gasteiger partial charge in [0.25, 0.3) is 5.91 Å². The first-order valence-electron chi connectivity index (χ1n) is 11.2. The highest BCUT2D eigenvalue weighted by molar-refractivity contribution is 6.30. The Morgan fingerprint density at radius 3 is 2.55 bits per heavy atom. The molecule has 0 radical (unpaired) electrons. The summed E-state index contributed by atoms with van der Waals surface area (Å²) in [6.07, 6.45) is 5.37. The molecule has 8 nitrogen and oxygen atoms in total. The molecule has 4 aromatic rings. The van der Waals surface area contributed by atoms with Crippen molar-refractivity contribution in [3.05, 3.63) is 70.8 Å². The minimum Gasteiger partial charge on any atom is -0.336 e. The van der Waals surface area contributed by atoms with Gasteiger partial charge in [0.2, 0.25) is 0 Å². The first-order chi connectivity index (χ1) is 16.0. The molecular weight excluding hydrogens is 438 g/mol. The normalized spacial score (nSPS) is 14.8. The van der Waals surface area contributed by atoms with Crippen LogP contribution in [-0.4, -0.2) is 66.3 Å². The Kier molecular flexibility index (Phi) is 5.86. The van der Waals surface area contributed by atoms with Gasteiger partial charge in [0.1, 0.15) is 5.56 Å². The Morgan fingerprint density at radius 2 is 1.85 bits per heavy atom. The molecule has 1 amide bonds. The van der Waals surface area contributed by atoms with E-state index in [2.05, 4.69) is 27.0 Å². The van der Waals surface area contributed by atoms with E-state index >= 15 is 0 Å². The number of rotatable bonds is 5. The van der Waals surface area contributed by atoms with E-state index in [1.165, 1.54) is 5.56 Å². The van der Waals surface area contributed by atoms with Crippen molar-refractivity contribution in [2.45, 2.75) is 26.9 Å². The van der Waals surface area contributed by atoms with Crippen LogP contribution in [0.3, 0.4) is 0 Å². The largest absolute Gasteiger partial charge is 0.336 e. The number of nitrogens with zero attached hydrogens (tertiary/aromatic N) is 7. The Labute approximate surface area is 197 Å². The Bertz CT molecular complexity index is 1290. The molecule has 4 heterocycles. The molecule has 0 bridgehead atoms. The van der Waals surface area contributed by atoms with Crippen LogP contribution in [0.25, 0.3) is 16.9 Å². The summed E-state index contributed by atoms with van der Waals surface area (Å²) < 4.78 is 3.64. The molecule has 9 heteroatoms. The molecule has 1 fully saturated rings. The number of hydrogen-bond acceptors (Lipinski definition) is 5.